The van der Waals surface area contributed by atoms with Gasteiger partial charge in [0, 0.05) is 17.1 Å². The summed E-state index contributed by atoms with van der Waals surface area (Å²) in [4.78, 5) is 1.85. The molecule has 0 aliphatic heterocycles. The van der Waals surface area contributed by atoms with Crippen molar-refractivity contribution in [2.75, 3.05) is 4.90 Å². The zero-order valence-electron chi connectivity index (χ0n) is 31.8. The molecule has 0 aliphatic carbocycles. The second kappa shape index (κ2) is 13.3. The Hall–Kier alpha value is -6.70. The summed E-state index contributed by atoms with van der Waals surface area (Å²) in [6.45, 7) is 0. The van der Waals surface area contributed by atoms with Crippen molar-refractivity contribution in [2.24, 2.45) is 0 Å². The molecule has 9 aromatic rings. The molecule has 51 heavy (non-hydrogen) atoms. The van der Waals surface area contributed by atoms with E-state index < -0.39 is 0 Å². The minimum Gasteiger partial charge on any atom is -0.311 e. The molecular formula is C50H35N. The van der Waals surface area contributed by atoms with Gasteiger partial charge in [0.1, 0.15) is 0 Å². The Labute approximate surface area is 305 Å². The summed E-state index contributed by atoms with van der Waals surface area (Å²) in [5.74, 6) is 0. The fourth-order valence-electron chi connectivity index (χ4n) is 6.96. The third-order valence-electron chi connectivity index (χ3n) is 9.53. The van der Waals surface area contributed by atoms with Crippen LogP contribution >= 0.6 is 0 Å². The maximum absolute atomic E-state index is 9.35. The minimum absolute atomic E-state index is 0.0831. The quantitative estimate of drug-likeness (QED) is 0.165. The SMILES string of the molecule is [2H]c1c([2H])c(N(c2ccc(-c3ccc4ccccc4c3)cc2)c2ccc(-c3ccc4ccccc4c3-c3ccccc3)cc2)c([2H])c([2H])c1-c1ccccc1. The van der Waals surface area contributed by atoms with Gasteiger partial charge in [0.15, 0.2) is 0 Å². The maximum atomic E-state index is 9.35. The fourth-order valence-corrected chi connectivity index (χ4v) is 6.96. The average Bonchev–Trinajstić information content (AvgIpc) is 3.25. The predicted octanol–water partition coefficient (Wildman–Crippen LogP) is 14.1. The second-order valence-corrected chi connectivity index (χ2v) is 12.7. The Bertz CT molecular complexity index is 2810. The van der Waals surface area contributed by atoms with Crippen molar-refractivity contribution in [1.29, 1.82) is 0 Å². The summed E-state index contributed by atoms with van der Waals surface area (Å²) in [6, 6.07) is 63.1. The summed E-state index contributed by atoms with van der Waals surface area (Å²) < 4.78 is 37.0. The van der Waals surface area contributed by atoms with Gasteiger partial charge in [-0.25, -0.2) is 0 Å². The highest BCUT2D eigenvalue weighted by Gasteiger charge is 2.16. The van der Waals surface area contributed by atoms with Gasteiger partial charge in [-0.1, -0.05) is 170 Å². The Kier molecular flexibility index (Phi) is 6.84. The summed E-state index contributed by atoms with van der Waals surface area (Å²) in [5, 5.41) is 4.68. The van der Waals surface area contributed by atoms with Gasteiger partial charge in [0.05, 0.1) is 5.48 Å². The molecule has 0 aromatic heterocycles. The van der Waals surface area contributed by atoms with E-state index in [9.17, 15) is 2.74 Å². The molecule has 1 nitrogen and oxygen atoms in total. The van der Waals surface area contributed by atoms with Crippen LogP contribution in [0.4, 0.5) is 17.1 Å². The van der Waals surface area contributed by atoms with Crippen molar-refractivity contribution in [3.63, 3.8) is 0 Å². The lowest BCUT2D eigenvalue weighted by molar-refractivity contribution is 1.28. The van der Waals surface area contributed by atoms with Crippen LogP contribution in [0.3, 0.4) is 0 Å². The Balaban J connectivity index is 1.19. The smallest absolute Gasteiger partial charge is 0.0645 e. The van der Waals surface area contributed by atoms with Crippen molar-refractivity contribution in [3.05, 3.63) is 212 Å². The van der Waals surface area contributed by atoms with Crippen LogP contribution in [-0.4, -0.2) is 0 Å². The molecular weight excluding hydrogens is 615 g/mol. The standard InChI is InChI=1S/C50H35N/c1-3-11-36(12-4-1)38-21-28-45(29-22-38)51(46-30-23-39(24-31-46)44-20-19-37-13-7-8-17-43(37)35-44)47-32-25-41(26-33-47)49-34-27-40-14-9-10-18-48(40)50(49)42-15-5-2-6-16-42/h1-35H/i21D,22D,28D,29D. The van der Waals surface area contributed by atoms with Crippen molar-refractivity contribution >= 4 is 38.6 Å². The lowest BCUT2D eigenvalue weighted by Crippen LogP contribution is -2.09. The van der Waals surface area contributed by atoms with Crippen LogP contribution in [0.15, 0.2) is 212 Å². The number of nitrogens with zero attached hydrogens (tertiary/aromatic N) is 1. The first-order valence-electron chi connectivity index (χ1n) is 19.2. The lowest BCUT2D eigenvalue weighted by Gasteiger charge is -2.26. The number of hydrogen-bond donors (Lipinski definition) is 0. The molecule has 240 valence electrons. The molecule has 0 bridgehead atoms. The van der Waals surface area contributed by atoms with Gasteiger partial charge < -0.3 is 4.90 Å². The fraction of sp³-hybridized carbons (Fsp3) is 0. The lowest BCUT2D eigenvalue weighted by atomic mass is 9.90. The van der Waals surface area contributed by atoms with Gasteiger partial charge in [-0.3, -0.25) is 0 Å². The van der Waals surface area contributed by atoms with Crippen LogP contribution < -0.4 is 4.90 Å². The number of hydrogen-bond acceptors (Lipinski definition) is 1. The maximum Gasteiger partial charge on any atom is 0.0645 e. The molecule has 0 saturated heterocycles. The molecule has 0 fully saturated rings. The van der Waals surface area contributed by atoms with E-state index >= 15 is 0 Å². The van der Waals surface area contributed by atoms with Crippen LogP contribution in [0, 0.1) is 0 Å². The van der Waals surface area contributed by atoms with Crippen LogP contribution in [0.2, 0.25) is 0 Å². The van der Waals surface area contributed by atoms with Crippen molar-refractivity contribution in [1.82, 2.24) is 0 Å². The summed E-state index contributed by atoms with van der Waals surface area (Å²) in [7, 11) is 0. The summed E-state index contributed by atoms with van der Waals surface area (Å²) in [6.07, 6.45) is 0. The van der Waals surface area contributed by atoms with Gasteiger partial charge in [0.25, 0.3) is 0 Å². The van der Waals surface area contributed by atoms with Gasteiger partial charge >= 0.3 is 0 Å². The van der Waals surface area contributed by atoms with E-state index in [0.717, 1.165) is 50.1 Å². The van der Waals surface area contributed by atoms with Crippen LogP contribution in [-0.2, 0) is 0 Å². The highest BCUT2D eigenvalue weighted by Crippen LogP contribution is 2.41. The molecule has 9 aromatic carbocycles. The Morgan fingerprint density at radius 2 is 0.824 bits per heavy atom. The molecule has 9 rings (SSSR count). The Morgan fingerprint density at radius 3 is 1.51 bits per heavy atom. The summed E-state index contributed by atoms with van der Waals surface area (Å²) >= 11 is 0. The molecule has 0 N–H and O–H groups in total. The second-order valence-electron chi connectivity index (χ2n) is 12.7. The van der Waals surface area contributed by atoms with Crippen LogP contribution in [0.1, 0.15) is 5.48 Å². The first kappa shape index (κ1) is 26.2. The largest absolute Gasteiger partial charge is 0.311 e. The molecule has 0 saturated carbocycles. The zero-order chi connectivity index (χ0) is 37.5. The molecule has 0 radical (unpaired) electrons. The van der Waals surface area contributed by atoms with Crippen molar-refractivity contribution in [3.8, 4) is 44.5 Å². The first-order valence-corrected chi connectivity index (χ1v) is 17.2. The van der Waals surface area contributed by atoms with Gasteiger partial charge in [0.2, 0.25) is 0 Å². The monoisotopic (exact) mass is 653 g/mol. The highest BCUT2D eigenvalue weighted by molar-refractivity contribution is 6.04. The molecule has 0 atom stereocenters. The Morgan fingerprint density at radius 1 is 0.314 bits per heavy atom. The van der Waals surface area contributed by atoms with E-state index in [2.05, 4.69) is 115 Å². The minimum atomic E-state index is -0.108. The topological polar surface area (TPSA) is 3.24 Å². The number of benzene rings is 9. The van der Waals surface area contributed by atoms with Gasteiger partial charge in [-0.15, -0.1) is 0 Å². The van der Waals surface area contributed by atoms with Gasteiger partial charge in [-0.2, -0.15) is 0 Å². The highest BCUT2D eigenvalue weighted by atomic mass is 15.1. The average molecular weight is 654 g/mol. The number of fused-ring (bicyclic) bond motifs is 2. The van der Waals surface area contributed by atoms with E-state index in [-0.39, 0.29) is 35.4 Å². The molecule has 0 unspecified atom stereocenters. The molecule has 0 heterocycles. The van der Waals surface area contributed by atoms with Crippen molar-refractivity contribution < 1.29 is 5.48 Å². The third kappa shape index (κ3) is 5.96. The van der Waals surface area contributed by atoms with E-state index in [1.165, 1.54) is 16.2 Å². The summed E-state index contributed by atoms with van der Waals surface area (Å²) in [5.41, 5.74) is 9.10. The molecule has 1 heteroatoms. The zero-order valence-corrected chi connectivity index (χ0v) is 27.8. The van der Waals surface area contributed by atoms with E-state index in [0.29, 0.717) is 5.56 Å². The first-order chi connectivity index (χ1) is 27.0. The van der Waals surface area contributed by atoms with E-state index in [1.54, 1.807) is 0 Å². The number of rotatable bonds is 7. The van der Waals surface area contributed by atoms with Crippen LogP contribution in [0.5, 0.6) is 0 Å². The van der Waals surface area contributed by atoms with E-state index in [1.807, 2.05) is 77.7 Å². The van der Waals surface area contributed by atoms with Crippen LogP contribution in [0.25, 0.3) is 66.1 Å². The molecule has 0 spiro atoms. The van der Waals surface area contributed by atoms with Gasteiger partial charge in [-0.05, 0) is 108 Å². The van der Waals surface area contributed by atoms with E-state index in [4.69, 9.17) is 2.74 Å². The molecule has 0 amide bonds. The predicted molar refractivity (Wildman–Crippen MR) is 218 cm³/mol. The van der Waals surface area contributed by atoms with Crippen molar-refractivity contribution in [2.45, 2.75) is 0 Å². The number of anilines is 3. The third-order valence-corrected chi connectivity index (χ3v) is 9.53. The normalized spacial score (nSPS) is 12.2. The molecule has 0 aliphatic rings.